The molecular weight excluding hydrogens is 244 g/mol. The molecule has 1 aliphatic rings. The molecule has 1 heterocycles. The molecule has 0 saturated carbocycles. The van der Waals surface area contributed by atoms with Gasteiger partial charge in [0.25, 0.3) is 5.91 Å². The summed E-state index contributed by atoms with van der Waals surface area (Å²) >= 11 is 0. The third kappa shape index (κ3) is 6.97. The number of carbonyl (C=O) groups excluding carboxylic acids is 1. The van der Waals surface area contributed by atoms with Gasteiger partial charge in [-0.05, 0) is 25.7 Å². The fourth-order valence-corrected chi connectivity index (χ4v) is 2.07. The van der Waals surface area contributed by atoms with E-state index < -0.39 is 6.04 Å². The van der Waals surface area contributed by atoms with Crippen molar-refractivity contribution >= 4 is 11.9 Å². The maximum Gasteiger partial charge on any atom is 0.251 e. The second kappa shape index (κ2) is 8.71. The Bertz CT molecular complexity index is 295. The molecule has 7 heteroatoms. The van der Waals surface area contributed by atoms with E-state index in [-0.39, 0.29) is 11.9 Å². The first-order chi connectivity index (χ1) is 9.09. The molecule has 1 unspecified atom stereocenters. The van der Waals surface area contributed by atoms with Gasteiger partial charge >= 0.3 is 0 Å². The number of amides is 1. The summed E-state index contributed by atoms with van der Waals surface area (Å²) in [5.41, 5.74) is 19.2. The van der Waals surface area contributed by atoms with Gasteiger partial charge in [-0.15, -0.1) is 0 Å². The first-order valence-corrected chi connectivity index (χ1v) is 6.96. The lowest BCUT2D eigenvalue weighted by Gasteiger charge is -2.22. The fourth-order valence-electron chi connectivity index (χ4n) is 2.07. The number of hydrogen-bond acceptors (Lipinski definition) is 4. The Morgan fingerprint density at radius 3 is 2.42 bits per heavy atom. The summed E-state index contributed by atoms with van der Waals surface area (Å²) in [6.45, 7) is 2.33. The maximum atomic E-state index is 11.9. The van der Waals surface area contributed by atoms with Crippen LogP contribution in [0.3, 0.4) is 0 Å². The number of nitrogens with one attached hydrogen (secondary N) is 1. The van der Waals surface area contributed by atoms with E-state index in [1.165, 1.54) is 12.8 Å². The van der Waals surface area contributed by atoms with E-state index in [0.29, 0.717) is 19.4 Å². The van der Waals surface area contributed by atoms with Crippen molar-refractivity contribution < 1.29 is 4.79 Å². The van der Waals surface area contributed by atoms with Crippen LogP contribution >= 0.6 is 0 Å². The van der Waals surface area contributed by atoms with Crippen molar-refractivity contribution in [2.75, 3.05) is 19.6 Å². The molecule has 1 atom stereocenters. The van der Waals surface area contributed by atoms with Crippen LogP contribution in [0.25, 0.3) is 0 Å². The van der Waals surface area contributed by atoms with Crippen LogP contribution in [0.1, 0.15) is 38.5 Å². The smallest absolute Gasteiger partial charge is 0.251 e. The second-order valence-corrected chi connectivity index (χ2v) is 4.93. The van der Waals surface area contributed by atoms with Crippen molar-refractivity contribution in [3.05, 3.63) is 0 Å². The number of carbonyl (C=O) groups is 1. The Kier molecular flexibility index (Phi) is 7.20. The van der Waals surface area contributed by atoms with Gasteiger partial charge in [0.05, 0.1) is 6.04 Å². The zero-order chi connectivity index (χ0) is 14.1. The van der Waals surface area contributed by atoms with Crippen molar-refractivity contribution in [2.45, 2.75) is 44.6 Å². The number of nitrogens with zero attached hydrogens (tertiary/aromatic N) is 2. The molecule has 7 N–H and O–H groups in total. The molecule has 0 spiro atoms. The molecule has 1 amide bonds. The molecule has 0 aromatic rings. The van der Waals surface area contributed by atoms with E-state index in [2.05, 4.69) is 10.4 Å². The van der Waals surface area contributed by atoms with Gasteiger partial charge in [-0.2, -0.15) is 0 Å². The molecule has 1 fully saturated rings. The lowest BCUT2D eigenvalue weighted by atomic mass is 10.1. The monoisotopic (exact) mass is 270 g/mol. The van der Waals surface area contributed by atoms with Crippen LogP contribution in [-0.2, 0) is 4.79 Å². The van der Waals surface area contributed by atoms with Crippen LogP contribution < -0.4 is 22.6 Å². The lowest BCUT2D eigenvalue weighted by Crippen LogP contribution is -2.49. The highest BCUT2D eigenvalue weighted by molar-refractivity contribution is 5.80. The van der Waals surface area contributed by atoms with Gasteiger partial charge in [-0.3, -0.25) is 15.2 Å². The van der Waals surface area contributed by atoms with E-state index in [1.54, 1.807) is 0 Å². The van der Waals surface area contributed by atoms with Crippen LogP contribution in [0, 0.1) is 0 Å². The van der Waals surface area contributed by atoms with Gasteiger partial charge in [0.1, 0.15) is 0 Å². The Balaban J connectivity index is 2.21. The lowest BCUT2D eigenvalue weighted by molar-refractivity contribution is -0.127. The summed E-state index contributed by atoms with van der Waals surface area (Å²) in [6, 6.07) is -0.502. The van der Waals surface area contributed by atoms with Crippen molar-refractivity contribution in [3.8, 4) is 0 Å². The highest BCUT2D eigenvalue weighted by Crippen LogP contribution is 2.07. The summed E-state index contributed by atoms with van der Waals surface area (Å²) in [6.07, 6.45) is 6.00. The van der Waals surface area contributed by atoms with E-state index in [9.17, 15) is 4.79 Å². The maximum absolute atomic E-state index is 11.9. The Morgan fingerprint density at radius 1 is 1.21 bits per heavy atom. The van der Waals surface area contributed by atoms with Crippen LogP contribution in [0.2, 0.25) is 0 Å². The molecule has 0 aromatic carbocycles. The van der Waals surface area contributed by atoms with E-state index in [1.807, 2.05) is 5.01 Å². The number of nitrogens with two attached hydrogens (primary N) is 3. The Morgan fingerprint density at radius 2 is 1.84 bits per heavy atom. The van der Waals surface area contributed by atoms with Crippen molar-refractivity contribution in [3.63, 3.8) is 0 Å². The van der Waals surface area contributed by atoms with Gasteiger partial charge < -0.3 is 17.2 Å². The fraction of sp³-hybridized carbons (Fsp3) is 0.833. The van der Waals surface area contributed by atoms with Crippen molar-refractivity contribution in [2.24, 2.45) is 22.2 Å². The van der Waals surface area contributed by atoms with E-state index in [4.69, 9.17) is 17.2 Å². The van der Waals surface area contributed by atoms with Gasteiger partial charge in [-0.25, -0.2) is 5.01 Å². The summed E-state index contributed by atoms with van der Waals surface area (Å²) in [7, 11) is 0. The Labute approximate surface area is 114 Å². The summed E-state index contributed by atoms with van der Waals surface area (Å²) in [4.78, 5) is 15.7. The first kappa shape index (κ1) is 15.7. The van der Waals surface area contributed by atoms with Gasteiger partial charge in [0, 0.05) is 19.6 Å². The average Bonchev–Trinajstić information content (AvgIpc) is 2.62. The van der Waals surface area contributed by atoms with Crippen LogP contribution in [0.15, 0.2) is 4.99 Å². The van der Waals surface area contributed by atoms with E-state index >= 15 is 0 Å². The third-order valence-corrected chi connectivity index (χ3v) is 3.18. The standard InChI is InChI=1S/C12H26N6O/c13-10(6-5-7-16-12(14)15)11(19)17-18-8-3-1-2-4-9-18/h10H,1-9,13H2,(H,17,19)(H4,14,15,16). The zero-order valence-corrected chi connectivity index (χ0v) is 11.5. The molecule has 0 aromatic heterocycles. The zero-order valence-electron chi connectivity index (χ0n) is 11.5. The minimum atomic E-state index is -0.502. The van der Waals surface area contributed by atoms with Crippen molar-refractivity contribution in [1.82, 2.24) is 10.4 Å². The third-order valence-electron chi connectivity index (χ3n) is 3.18. The molecule has 110 valence electrons. The summed E-state index contributed by atoms with van der Waals surface area (Å²) in [5, 5.41) is 1.98. The Hall–Kier alpha value is -1.34. The molecule has 19 heavy (non-hydrogen) atoms. The highest BCUT2D eigenvalue weighted by atomic mass is 16.2. The average molecular weight is 270 g/mol. The molecule has 0 bridgehead atoms. The molecule has 1 saturated heterocycles. The second-order valence-electron chi connectivity index (χ2n) is 4.93. The minimum absolute atomic E-state index is 0.0718. The van der Waals surface area contributed by atoms with Crippen molar-refractivity contribution in [1.29, 1.82) is 0 Å². The van der Waals surface area contributed by atoms with Crippen LogP contribution in [0.5, 0.6) is 0 Å². The summed E-state index contributed by atoms with van der Waals surface area (Å²) < 4.78 is 0. The van der Waals surface area contributed by atoms with Gasteiger partial charge in [0.2, 0.25) is 0 Å². The van der Waals surface area contributed by atoms with Crippen LogP contribution in [-0.4, -0.2) is 42.6 Å². The normalized spacial score (nSPS) is 18.4. The van der Waals surface area contributed by atoms with E-state index in [0.717, 1.165) is 25.9 Å². The predicted molar refractivity (Wildman–Crippen MR) is 76.1 cm³/mol. The van der Waals surface area contributed by atoms with Gasteiger partial charge in [-0.1, -0.05) is 12.8 Å². The largest absolute Gasteiger partial charge is 0.370 e. The van der Waals surface area contributed by atoms with Gasteiger partial charge in [0.15, 0.2) is 5.96 Å². The molecule has 1 rings (SSSR count). The molecule has 0 radical (unpaired) electrons. The predicted octanol–water partition coefficient (Wildman–Crippen LogP) is -0.725. The number of rotatable bonds is 6. The SMILES string of the molecule is NC(N)=NCCCC(N)C(=O)NN1CCCCCC1. The topological polar surface area (TPSA) is 123 Å². The van der Waals surface area contributed by atoms with Crippen LogP contribution in [0.4, 0.5) is 0 Å². The molecule has 7 nitrogen and oxygen atoms in total. The summed E-state index contributed by atoms with van der Waals surface area (Å²) in [5.74, 6) is -0.0470. The number of hydrogen-bond donors (Lipinski definition) is 4. The molecule has 0 aliphatic carbocycles. The highest BCUT2D eigenvalue weighted by Gasteiger charge is 2.17. The molecule has 1 aliphatic heterocycles. The first-order valence-electron chi connectivity index (χ1n) is 6.96. The number of guanidine groups is 1. The number of hydrazine groups is 1. The minimum Gasteiger partial charge on any atom is -0.370 e. The molecular formula is C12H26N6O. The number of aliphatic imine (C=N–C) groups is 1. The quantitative estimate of drug-likeness (QED) is 0.288.